The van der Waals surface area contributed by atoms with Crippen molar-refractivity contribution < 1.29 is 14.4 Å². The Morgan fingerprint density at radius 3 is 2.14 bits per heavy atom. The van der Waals surface area contributed by atoms with E-state index >= 15 is 0 Å². The van der Waals surface area contributed by atoms with Crippen molar-refractivity contribution in [2.75, 3.05) is 11.9 Å². The van der Waals surface area contributed by atoms with Crippen molar-refractivity contribution in [3.05, 3.63) is 113 Å². The van der Waals surface area contributed by atoms with Crippen LogP contribution in [-0.4, -0.2) is 29.2 Å². The Bertz CT molecular complexity index is 1560. The summed E-state index contributed by atoms with van der Waals surface area (Å²) in [4.78, 5) is 42.0. The van der Waals surface area contributed by atoms with Gasteiger partial charge in [-0.25, -0.2) is 0 Å². The van der Waals surface area contributed by atoms with Crippen LogP contribution in [0.1, 0.15) is 28.2 Å². The predicted molar refractivity (Wildman–Crippen MR) is 141 cm³/mol. The number of nitrogens with zero attached hydrogens (tertiary/aromatic N) is 1. The summed E-state index contributed by atoms with van der Waals surface area (Å²) in [5.41, 5.74) is 4.85. The van der Waals surface area contributed by atoms with Gasteiger partial charge in [0.15, 0.2) is 0 Å². The molecule has 1 N–H and O–H groups in total. The molecule has 6 heteroatoms. The van der Waals surface area contributed by atoms with Crippen molar-refractivity contribution in [3.8, 4) is 0 Å². The lowest BCUT2D eigenvalue weighted by Gasteiger charge is -2.51. The summed E-state index contributed by atoms with van der Waals surface area (Å²) in [7, 11) is 0. The van der Waals surface area contributed by atoms with Crippen LogP contribution in [0.2, 0.25) is 0 Å². The van der Waals surface area contributed by atoms with Crippen molar-refractivity contribution in [2.24, 2.45) is 11.8 Å². The molecular weight excluding hydrogens is 516 g/mol. The molecule has 2 atom stereocenters. The number of anilines is 1. The SMILES string of the molecule is O=C(CN1C(=O)[C@@H]2[C@@H](C1=O)C1c3ccccc3C2(Br)c2ccccc21)Nc1cccc2ccccc12. The van der Waals surface area contributed by atoms with Crippen molar-refractivity contribution in [1.82, 2.24) is 4.90 Å². The number of fused-ring (bicyclic) bond motifs is 1. The van der Waals surface area contributed by atoms with Crippen LogP contribution in [0.25, 0.3) is 10.8 Å². The summed E-state index contributed by atoms with van der Waals surface area (Å²) in [5.74, 6) is -2.35. The highest BCUT2D eigenvalue weighted by atomic mass is 79.9. The molecule has 8 rings (SSSR count). The molecule has 5 nitrogen and oxygen atoms in total. The molecule has 4 aromatic carbocycles. The summed E-state index contributed by atoms with van der Waals surface area (Å²) >= 11 is 3.98. The number of alkyl halides is 1. The van der Waals surface area contributed by atoms with Crippen molar-refractivity contribution in [1.29, 1.82) is 0 Å². The zero-order valence-corrected chi connectivity index (χ0v) is 20.7. The van der Waals surface area contributed by atoms with Crippen LogP contribution in [0, 0.1) is 11.8 Å². The first-order valence-electron chi connectivity index (χ1n) is 12.0. The topological polar surface area (TPSA) is 66.5 Å². The summed E-state index contributed by atoms with van der Waals surface area (Å²) in [5, 5.41) is 4.83. The van der Waals surface area contributed by atoms with Crippen LogP contribution in [0.3, 0.4) is 0 Å². The Kier molecular flexibility index (Phi) is 4.55. The molecule has 0 saturated carbocycles. The van der Waals surface area contributed by atoms with E-state index in [0.29, 0.717) is 5.69 Å². The summed E-state index contributed by atoms with van der Waals surface area (Å²) < 4.78 is -0.812. The average molecular weight is 537 g/mol. The number of hydrogen-bond donors (Lipinski definition) is 1. The number of hydrogen-bond acceptors (Lipinski definition) is 3. The standard InChI is InChI=1S/C30H21BrN2O3/c31-30-21-13-5-3-11-19(21)25(20-12-4-6-14-22(20)30)26-27(30)29(36)33(28(26)35)16-24(34)32-23-15-7-9-17-8-1-2-10-18(17)23/h1-15,25-27H,16H2,(H,32,34)/t25?,26-,27-,30?/m0/s1. The fourth-order valence-electron chi connectivity index (χ4n) is 6.56. The number of amides is 3. The lowest BCUT2D eigenvalue weighted by Crippen LogP contribution is -2.50. The Hall–Kier alpha value is -3.77. The average Bonchev–Trinajstić information content (AvgIpc) is 3.15. The van der Waals surface area contributed by atoms with E-state index in [1.54, 1.807) is 0 Å². The third-order valence-electron chi connectivity index (χ3n) is 7.97. The zero-order valence-electron chi connectivity index (χ0n) is 19.1. The molecular formula is C30H21BrN2O3. The molecule has 0 unspecified atom stereocenters. The number of nitrogens with one attached hydrogen (secondary N) is 1. The minimum atomic E-state index is -0.812. The molecule has 1 fully saturated rings. The highest BCUT2D eigenvalue weighted by molar-refractivity contribution is 9.09. The number of carbonyl (C=O) groups excluding carboxylic acids is 3. The first kappa shape index (κ1) is 21.5. The highest BCUT2D eigenvalue weighted by Crippen LogP contribution is 2.66. The first-order chi connectivity index (χ1) is 17.5. The molecule has 176 valence electrons. The lowest BCUT2D eigenvalue weighted by atomic mass is 9.55. The van der Waals surface area contributed by atoms with Gasteiger partial charge in [0.25, 0.3) is 0 Å². The number of carbonyl (C=O) groups is 3. The molecule has 1 heterocycles. The van der Waals surface area contributed by atoms with Gasteiger partial charge in [0.1, 0.15) is 6.54 Å². The summed E-state index contributed by atoms with van der Waals surface area (Å²) in [6, 6.07) is 29.5. The molecule has 3 aliphatic carbocycles. The molecule has 2 bridgehead atoms. The number of rotatable bonds is 3. The quantitative estimate of drug-likeness (QED) is 0.290. The molecule has 36 heavy (non-hydrogen) atoms. The van der Waals surface area contributed by atoms with E-state index in [1.807, 2.05) is 78.9 Å². The lowest BCUT2D eigenvalue weighted by molar-refractivity contribution is -0.142. The van der Waals surface area contributed by atoms with Gasteiger partial charge >= 0.3 is 0 Å². The van der Waals surface area contributed by atoms with Gasteiger partial charge in [0, 0.05) is 17.0 Å². The zero-order chi connectivity index (χ0) is 24.6. The second-order valence-electron chi connectivity index (χ2n) is 9.70. The minimum absolute atomic E-state index is 0.218. The van der Waals surface area contributed by atoms with Gasteiger partial charge in [0.2, 0.25) is 17.7 Å². The van der Waals surface area contributed by atoms with Crippen LogP contribution < -0.4 is 5.32 Å². The van der Waals surface area contributed by atoms with E-state index < -0.39 is 22.1 Å². The molecule has 4 aliphatic rings. The van der Waals surface area contributed by atoms with E-state index in [0.717, 1.165) is 37.9 Å². The van der Waals surface area contributed by atoms with Gasteiger partial charge in [-0.05, 0) is 33.7 Å². The maximum absolute atomic E-state index is 13.9. The fraction of sp³-hybridized carbons (Fsp3) is 0.167. The van der Waals surface area contributed by atoms with Gasteiger partial charge in [-0.2, -0.15) is 0 Å². The van der Waals surface area contributed by atoms with Crippen LogP contribution >= 0.6 is 15.9 Å². The number of halogens is 1. The normalized spacial score (nSPS) is 25.5. The molecule has 0 radical (unpaired) electrons. The van der Waals surface area contributed by atoms with Gasteiger partial charge in [-0.1, -0.05) is 101 Å². The second-order valence-corrected chi connectivity index (χ2v) is 11.0. The smallest absolute Gasteiger partial charge is 0.244 e. The second kappa shape index (κ2) is 7.61. The van der Waals surface area contributed by atoms with Crippen LogP contribution in [0.4, 0.5) is 5.69 Å². The molecule has 1 aliphatic heterocycles. The first-order valence-corrected chi connectivity index (χ1v) is 12.8. The van der Waals surface area contributed by atoms with Gasteiger partial charge in [0.05, 0.1) is 16.2 Å². The predicted octanol–water partition coefficient (Wildman–Crippen LogP) is 5.18. The Labute approximate surface area is 216 Å². The Morgan fingerprint density at radius 1 is 0.806 bits per heavy atom. The van der Waals surface area contributed by atoms with Crippen molar-refractivity contribution in [2.45, 2.75) is 10.2 Å². The van der Waals surface area contributed by atoms with E-state index in [-0.39, 0.29) is 24.3 Å². The number of imide groups is 1. The van der Waals surface area contributed by atoms with Crippen LogP contribution in [0.5, 0.6) is 0 Å². The molecule has 1 saturated heterocycles. The van der Waals surface area contributed by atoms with Crippen molar-refractivity contribution >= 4 is 50.1 Å². The Balaban J connectivity index is 1.25. The molecule has 0 aromatic heterocycles. The highest BCUT2D eigenvalue weighted by Gasteiger charge is 2.67. The summed E-state index contributed by atoms with van der Waals surface area (Å²) in [6.45, 7) is -0.309. The fourth-order valence-corrected chi connectivity index (χ4v) is 7.77. The minimum Gasteiger partial charge on any atom is -0.324 e. The maximum atomic E-state index is 13.9. The molecule has 0 spiro atoms. The molecule has 4 aromatic rings. The largest absolute Gasteiger partial charge is 0.324 e. The van der Waals surface area contributed by atoms with Gasteiger partial charge < -0.3 is 5.32 Å². The van der Waals surface area contributed by atoms with E-state index in [2.05, 4.69) is 33.4 Å². The number of benzene rings is 4. The number of likely N-dealkylation sites (tertiary alicyclic amines) is 1. The monoisotopic (exact) mass is 536 g/mol. The van der Waals surface area contributed by atoms with E-state index in [9.17, 15) is 14.4 Å². The van der Waals surface area contributed by atoms with E-state index in [4.69, 9.17) is 0 Å². The summed E-state index contributed by atoms with van der Waals surface area (Å²) in [6.07, 6.45) is 0. The Morgan fingerprint density at radius 2 is 1.42 bits per heavy atom. The van der Waals surface area contributed by atoms with Gasteiger partial charge in [-0.3, -0.25) is 19.3 Å². The third kappa shape index (κ3) is 2.73. The van der Waals surface area contributed by atoms with Crippen molar-refractivity contribution in [3.63, 3.8) is 0 Å². The van der Waals surface area contributed by atoms with Gasteiger partial charge in [-0.15, -0.1) is 0 Å². The van der Waals surface area contributed by atoms with Crippen LogP contribution in [-0.2, 0) is 18.7 Å². The molecule has 3 amide bonds. The van der Waals surface area contributed by atoms with Crippen LogP contribution in [0.15, 0.2) is 91.0 Å². The van der Waals surface area contributed by atoms with E-state index in [1.165, 1.54) is 0 Å². The maximum Gasteiger partial charge on any atom is 0.244 e. The third-order valence-corrected chi connectivity index (χ3v) is 9.32.